The van der Waals surface area contributed by atoms with Crippen molar-refractivity contribution in [3.8, 4) is 0 Å². The zero-order chi connectivity index (χ0) is 11.5. The predicted octanol–water partition coefficient (Wildman–Crippen LogP) is 3.30. The Labute approximate surface area is 103 Å². The fourth-order valence-electron chi connectivity index (χ4n) is 2.04. The van der Waals surface area contributed by atoms with Crippen LogP contribution in [-0.4, -0.2) is 17.3 Å². The standard InChI is InChI=1S/C12H15BrFNO/c13-11-7-9(3-6-12(11)14)15-8-1-4-10(16)5-2-8/h3,6-8,10,15-16H,1-2,4-5H2. The number of nitrogens with one attached hydrogen (secondary N) is 1. The molecule has 16 heavy (non-hydrogen) atoms. The van der Waals surface area contributed by atoms with E-state index in [1.54, 1.807) is 12.1 Å². The van der Waals surface area contributed by atoms with Crippen molar-refractivity contribution in [2.75, 3.05) is 5.32 Å². The fraction of sp³-hybridized carbons (Fsp3) is 0.500. The lowest BCUT2D eigenvalue weighted by Crippen LogP contribution is -2.28. The van der Waals surface area contributed by atoms with E-state index in [1.165, 1.54) is 6.07 Å². The quantitative estimate of drug-likeness (QED) is 0.875. The third kappa shape index (κ3) is 2.95. The number of halogens is 2. The molecule has 88 valence electrons. The van der Waals surface area contributed by atoms with Gasteiger partial charge in [0.05, 0.1) is 10.6 Å². The molecule has 2 nitrogen and oxygen atoms in total. The van der Waals surface area contributed by atoms with E-state index < -0.39 is 0 Å². The first-order chi connectivity index (χ1) is 7.65. The molecule has 1 fully saturated rings. The molecule has 1 saturated carbocycles. The van der Waals surface area contributed by atoms with Crippen molar-refractivity contribution >= 4 is 21.6 Å². The second kappa shape index (κ2) is 5.15. The van der Waals surface area contributed by atoms with Gasteiger partial charge in [-0.2, -0.15) is 0 Å². The van der Waals surface area contributed by atoms with E-state index in [2.05, 4.69) is 21.2 Å². The van der Waals surface area contributed by atoms with E-state index in [-0.39, 0.29) is 11.9 Å². The van der Waals surface area contributed by atoms with E-state index in [1.807, 2.05) is 0 Å². The molecule has 0 bridgehead atoms. The molecule has 0 heterocycles. The van der Waals surface area contributed by atoms with Gasteiger partial charge in [-0.3, -0.25) is 0 Å². The highest BCUT2D eigenvalue weighted by molar-refractivity contribution is 9.10. The molecule has 0 spiro atoms. The van der Waals surface area contributed by atoms with Crippen LogP contribution in [0.4, 0.5) is 10.1 Å². The zero-order valence-electron chi connectivity index (χ0n) is 8.92. The highest BCUT2D eigenvalue weighted by atomic mass is 79.9. The maximum absolute atomic E-state index is 13.0. The molecule has 0 amide bonds. The zero-order valence-corrected chi connectivity index (χ0v) is 10.5. The Kier molecular flexibility index (Phi) is 3.82. The van der Waals surface area contributed by atoms with Gasteiger partial charge in [-0.05, 0) is 59.8 Å². The summed E-state index contributed by atoms with van der Waals surface area (Å²) < 4.78 is 13.5. The minimum atomic E-state index is -0.246. The van der Waals surface area contributed by atoms with Crippen LogP contribution >= 0.6 is 15.9 Å². The SMILES string of the molecule is OC1CCC(Nc2ccc(F)c(Br)c2)CC1. The Bertz CT molecular complexity index is 364. The van der Waals surface area contributed by atoms with Gasteiger partial charge in [-0.25, -0.2) is 4.39 Å². The molecule has 1 aliphatic rings. The minimum Gasteiger partial charge on any atom is -0.393 e. The molecule has 0 radical (unpaired) electrons. The van der Waals surface area contributed by atoms with Crippen LogP contribution in [-0.2, 0) is 0 Å². The van der Waals surface area contributed by atoms with E-state index in [9.17, 15) is 9.50 Å². The van der Waals surface area contributed by atoms with E-state index in [4.69, 9.17) is 0 Å². The molecule has 2 N–H and O–H groups in total. The lowest BCUT2D eigenvalue weighted by Gasteiger charge is -2.27. The van der Waals surface area contributed by atoms with Crippen molar-refractivity contribution in [3.05, 3.63) is 28.5 Å². The second-order valence-corrected chi connectivity index (χ2v) is 5.13. The highest BCUT2D eigenvalue weighted by Crippen LogP contribution is 2.25. The highest BCUT2D eigenvalue weighted by Gasteiger charge is 2.19. The Morgan fingerprint density at radius 2 is 1.94 bits per heavy atom. The van der Waals surface area contributed by atoms with Crippen LogP contribution in [0.1, 0.15) is 25.7 Å². The molecule has 1 aliphatic carbocycles. The first kappa shape index (κ1) is 11.9. The average Bonchev–Trinajstić information content (AvgIpc) is 2.27. The number of aliphatic hydroxyl groups is 1. The summed E-state index contributed by atoms with van der Waals surface area (Å²) in [7, 11) is 0. The third-order valence-electron chi connectivity index (χ3n) is 2.99. The average molecular weight is 288 g/mol. The van der Waals surface area contributed by atoms with Crippen LogP contribution in [0, 0.1) is 5.82 Å². The molecular formula is C12H15BrFNO. The number of hydrogen-bond acceptors (Lipinski definition) is 2. The van der Waals surface area contributed by atoms with E-state index in [0.29, 0.717) is 10.5 Å². The van der Waals surface area contributed by atoms with Gasteiger partial charge in [0.2, 0.25) is 0 Å². The number of hydrogen-bond donors (Lipinski definition) is 2. The van der Waals surface area contributed by atoms with Crippen molar-refractivity contribution in [1.82, 2.24) is 0 Å². The van der Waals surface area contributed by atoms with Crippen LogP contribution in [0.2, 0.25) is 0 Å². The molecular weight excluding hydrogens is 273 g/mol. The topological polar surface area (TPSA) is 32.3 Å². The largest absolute Gasteiger partial charge is 0.393 e. The Morgan fingerprint density at radius 3 is 2.56 bits per heavy atom. The van der Waals surface area contributed by atoms with Gasteiger partial charge in [0, 0.05) is 11.7 Å². The normalized spacial score (nSPS) is 25.4. The van der Waals surface area contributed by atoms with Crippen molar-refractivity contribution < 1.29 is 9.50 Å². The lowest BCUT2D eigenvalue weighted by molar-refractivity contribution is 0.126. The van der Waals surface area contributed by atoms with Crippen LogP contribution < -0.4 is 5.32 Å². The van der Waals surface area contributed by atoms with Gasteiger partial charge in [0.15, 0.2) is 0 Å². The van der Waals surface area contributed by atoms with Gasteiger partial charge >= 0.3 is 0 Å². The molecule has 0 saturated heterocycles. The van der Waals surface area contributed by atoms with Crippen LogP contribution in [0.5, 0.6) is 0 Å². The number of rotatable bonds is 2. The Morgan fingerprint density at radius 1 is 1.25 bits per heavy atom. The first-order valence-corrected chi connectivity index (χ1v) is 6.34. The van der Waals surface area contributed by atoms with Gasteiger partial charge in [0.1, 0.15) is 5.82 Å². The molecule has 4 heteroatoms. The van der Waals surface area contributed by atoms with Gasteiger partial charge < -0.3 is 10.4 Å². The summed E-state index contributed by atoms with van der Waals surface area (Å²) in [5.41, 5.74) is 0.926. The van der Waals surface area contributed by atoms with E-state index >= 15 is 0 Å². The van der Waals surface area contributed by atoms with Gasteiger partial charge in [-0.1, -0.05) is 0 Å². The summed E-state index contributed by atoms with van der Waals surface area (Å²) >= 11 is 3.17. The summed E-state index contributed by atoms with van der Waals surface area (Å²) in [6.07, 6.45) is 3.49. The monoisotopic (exact) mass is 287 g/mol. The lowest BCUT2D eigenvalue weighted by atomic mass is 9.93. The van der Waals surface area contributed by atoms with Gasteiger partial charge in [-0.15, -0.1) is 0 Å². The smallest absolute Gasteiger partial charge is 0.137 e. The van der Waals surface area contributed by atoms with Crippen molar-refractivity contribution in [2.45, 2.75) is 37.8 Å². The molecule has 1 aromatic rings. The van der Waals surface area contributed by atoms with Crippen LogP contribution in [0.3, 0.4) is 0 Å². The summed E-state index contributed by atoms with van der Waals surface area (Å²) in [5.74, 6) is -0.246. The third-order valence-corrected chi connectivity index (χ3v) is 3.59. The molecule has 0 aliphatic heterocycles. The first-order valence-electron chi connectivity index (χ1n) is 5.55. The number of benzene rings is 1. The summed E-state index contributed by atoms with van der Waals surface area (Å²) in [6, 6.07) is 5.33. The molecule has 0 unspecified atom stereocenters. The molecule has 0 aromatic heterocycles. The van der Waals surface area contributed by atoms with Crippen molar-refractivity contribution in [3.63, 3.8) is 0 Å². The number of anilines is 1. The van der Waals surface area contributed by atoms with Crippen molar-refractivity contribution in [1.29, 1.82) is 0 Å². The van der Waals surface area contributed by atoms with Crippen LogP contribution in [0.25, 0.3) is 0 Å². The van der Waals surface area contributed by atoms with Crippen molar-refractivity contribution in [2.24, 2.45) is 0 Å². The predicted molar refractivity (Wildman–Crippen MR) is 66.0 cm³/mol. The van der Waals surface area contributed by atoms with Gasteiger partial charge in [0.25, 0.3) is 0 Å². The van der Waals surface area contributed by atoms with Crippen LogP contribution in [0.15, 0.2) is 22.7 Å². The van der Waals surface area contributed by atoms with E-state index in [0.717, 1.165) is 31.4 Å². The molecule has 0 atom stereocenters. The summed E-state index contributed by atoms with van der Waals surface area (Å²) in [5, 5.41) is 12.8. The Balaban J connectivity index is 1.96. The second-order valence-electron chi connectivity index (χ2n) is 4.28. The molecule has 1 aromatic carbocycles. The summed E-state index contributed by atoms with van der Waals surface area (Å²) in [4.78, 5) is 0. The maximum Gasteiger partial charge on any atom is 0.137 e. The summed E-state index contributed by atoms with van der Waals surface area (Å²) in [6.45, 7) is 0. The Hall–Kier alpha value is -0.610. The fourth-order valence-corrected chi connectivity index (χ4v) is 2.42. The molecule has 2 rings (SSSR count). The minimum absolute atomic E-state index is 0.141. The number of aliphatic hydroxyl groups excluding tert-OH is 1. The maximum atomic E-state index is 13.0.